The van der Waals surface area contributed by atoms with E-state index in [0.29, 0.717) is 51.5 Å². The summed E-state index contributed by atoms with van der Waals surface area (Å²) >= 11 is 0. The first-order chi connectivity index (χ1) is 17.3. The topological polar surface area (TPSA) is 257 Å². The fourth-order valence-electron chi connectivity index (χ4n) is 4.16. The number of nitrogens with two attached hydrogens (primary N) is 4. The van der Waals surface area contributed by atoms with Crippen LogP contribution >= 0.6 is 0 Å². The maximum Gasteiger partial charge on any atom is 0.320 e. The second-order valence-corrected chi connectivity index (χ2v) is 9.46. The summed E-state index contributed by atoms with van der Waals surface area (Å²) < 4.78 is 0. The molecule has 13 heteroatoms. The summed E-state index contributed by atoms with van der Waals surface area (Å²) in [6.45, 7) is 0.540. The van der Waals surface area contributed by atoms with E-state index in [1.807, 2.05) is 12.3 Å². The van der Waals surface area contributed by atoms with E-state index in [0.717, 1.165) is 11.1 Å². The van der Waals surface area contributed by atoms with Gasteiger partial charge in [-0.25, -0.2) is 0 Å². The maximum absolute atomic E-state index is 11.3. The van der Waals surface area contributed by atoms with Gasteiger partial charge >= 0.3 is 23.9 Å². The van der Waals surface area contributed by atoms with Crippen LogP contribution in [0.3, 0.4) is 0 Å². The van der Waals surface area contributed by atoms with E-state index in [1.165, 1.54) is 0 Å². The number of carbonyl (C=O) groups is 4. The maximum atomic E-state index is 11.3. The molecule has 0 radical (unpaired) electrons. The van der Waals surface area contributed by atoms with Gasteiger partial charge in [0.05, 0.1) is 0 Å². The van der Waals surface area contributed by atoms with Crippen LogP contribution < -0.4 is 22.9 Å². The molecular formula is C24H41N5O8. The molecule has 0 aromatic heterocycles. The van der Waals surface area contributed by atoms with E-state index in [2.05, 4.69) is 4.90 Å². The molecule has 0 amide bonds. The molecule has 12 N–H and O–H groups in total. The number of rotatable bonds is 19. The van der Waals surface area contributed by atoms with Gasteiger partial charge in [0.1, 0.15) is 24.2 Å². The number of allylic oxidation sites excluding steroid dienone is 2. The van der Waals surface area contributed by atoms with Gasteiger partial charge in [-0.1, -0.05) is 6.08 Å². The Morgan fingerprint density at radius 1 is 0.703 bits per heavy atom. The molecule has 0 aliphatic carbocycles. The van der Waals surface area contributed by atoms with Gasteiger partial charge in [0, 0.05) is 18.8 Å². The Labute approximate surface area is 216 Å². The van der Waals surface area contributed by atoms with E-state index in [1.54, 1.807) is 0 Å². The van der Waals surface area contributed by atoms with Crippen molar-refractivity contribution in [1.29, 1.82) is 0 Å². The van der Waals surface area contributed by atoms with Crippen molar-refractivity contribution in [3.63, 3.8) is 0 Å². The van der Waals surface area contributed by atoms with Crippen LogP contribution in [0.4, 0.5) is 0 Å². The number of aliphatic carboxylic acids is 4. The van der Waals surface area contributed by atoms with E-state index >= 15 is 0 Å². The zero-order valence-electron chi connectivity index (χ0n) is 21.0. The Kier molecular flexibility index (Phi) is 13.8. The van der Waals surface area contributed by atoms with Gasteiger partial charge in [0.15, 0.2) is 0 Å². The molecule has 0 saturated carbocycles. The first kappa shape index (κ1) is 32.0. The summed E-state index contributed by atoms with van der Waals surface area (Å²) in [4.78, 5) is 46.6. The molecule has 210 valence electrons. The first-order valence-electron chi connectivity index (χ1n) is 12.4. The fraction of sp³-hybridized carbons (Fsp3) is 0.667. The van der Waals surface area contributed by atoms with Gasteiger partial charge in [0.2, 0.25) is 0 Å². The van der Waals surface area contributed by atoms with Gasteiger partial charge in [-0.05, 0) is 75.4 Å². The van der Waals surface area contributed by atoms with Crippen LogP contribution in [0.1, 0.15) is 64.2 Å². The summed E-state index contributed by atoms with van der Waals surface area (Å²) in [5.41, 5.74) is 24.4. The van der Waals surface area contributed by atoms with Crippen LogP contribution in [-0.4, -0.2) is 86.0 Å². The predicted molar refractivity (Wildman–Crippen MR) is 135 cm³/mol. The lowest BCUT2D eigenvalue weighted by atomic mass is 9.88. The van der Waals surface area contributed by atoms with E-state index in [-0.39, 0.29) is 25.3 Å². The minimum absolute atomic E-state index is 0.174. The lowest BCUT2D eigenvalue weighted by Crippen LogP contribution is -2.38. The highest BCUT2D eigenvalue weighted by Gasteiger charge is 2.27. The molecule has 0 aromatic rings. The number of nitrogens with zero attached hydrogens (tertiary/aromatic N) is 1. The van der Waals surface area contributed by atoms with Gasteiger partial charge in [-0.15, -0.1) is 0 Å². The second-order valence-electron chi connectivity index (χ2n) is 9.46. The van der Waals surface area contributed by atoms with E-state index in [9.17, 15) is 24.3 Å². The highest BCUT2D eigenvalue weighted by Crippen LogP contribution is 2.30. The molecule has 1 aliphatic rings. The molecular weight excluding hydrogens is 486 g/mol. The third-order valence-electron chi connectivity index (χ3n) is 6.46. The van der Waals surface area contributed by atoms with Gasteiger partial charge in [-0.2, -0.15) is 0 Å². The Morgan fingerprint density at radius 2 is 1.16 bits per heavy atom. The molecule has 1 aliphatic heterocycles. The molecule has 0 fully saturated rings. The van der Waals surface area contributed by atoms with Crippen molar-refractivity contribution in [2.75, 3.05) is 6.54 Å². The van der Waals surface area contributed by atoms with Gasteiger partial charge in [0.25, 0.3) is 0 Å². The molecule has 1 rings (SSSR count). The first-order valence-corrected chi connectivity index (χ1v) is 12.4. The molecule has 0 aromatic carbocycles. The molecule has 37 heavy (non-hydrogen) atoms. The average Bonchev–Trinajstić information content (AvgIpc) is 2.83. The van der Waals surface area contributed by atoms with Crippen LogP contribution in [0.15, 0.2) is 23.4 Å². The lowest BCUT2D eigenvalue weighted by molar-refractivity contribution is -0.139. The van der Waals surface area contributed by atoms with Crippen molar-refractivity contribution >= 4 is 23.9 Å². The zero-order chi connectivity index (χ0) is 28.1. The summed E-state index contributed by atoms with van der Waals surface area (Å²) in [6, 6.07) is -4.20. The van der Waals surface area contributed by atoms with Crippen LogP contribution in [0.25, 0.3) is 0 Å². The number of hydrogen-bond donors (Lipinski definition) is 8. The minimum Gasteiger partial charge on any atom is -0.480 e. The molecule has 5 atom stereocenters. The SMILES string of the molecule is NC(CCCCN1C=C(CCC(N)C(=O)O)C=C(CCC(N)C(=O)O)C1CCCC(N)C(=O)O)C(=O)O. The lowest BCUT2D eigenvalue weighted by Gasteiger charge is -2.37. The highest BCUT2D eigenvalue weighted by atomic mass is 16.4. The molecule has 0 saturated heterocycles. The number of carboxylic acids is 4. The number of carboxylic acid groups (broad SMARTS) is 4. The molecule has 0 spiro atoms. The van der Waals surface area contributed by atoms with Crippen molar-refractivity contribution in [2.45, 2.75) is 94.4 Å². The van der Waals surface area contributed by atoms with Crippen molar-refractivity contribution in [2.24, 2.45) is 22.9 Å². The van der Waals surface area contributed by atoms with Crippen LogP contribution in [0.5, 0.6) is 0 Å². The summed E-state index contributed by atoms with van der Waals surface area (Å²) in [6.07, 6.45) is 7.83. The molecule has 1 heterocycles. The largest absolute Gasteiger partial charge is 0.480 e. The number of hydrogen-bond acceptors (Lipinski definition) is 9. The summed E-state index contributed by atoms with van der Waals surface area (Å²) in [5, 5.41) is 36.4. The minimum atomic E-state index is -1.12. The number of unbranched alkanes of at least 4 members (excludes halogenated alkanes) is 1. The van der Waals surface area contributed by atoms with Crippen molar-refractivity contribution < 1.29 is 39.6 Å². The quantitative estimate of drug-likeness (QED) is 0.103. The standard InChI is InChI=1S/C24H41N5O8/c25-16(21(30)31)4-1-2-11-29-13-14(7-9-18(27)23(34)35)12-15(8-10-19(28)24(36)37)20(29)6-3-5-17(26)22(32)33/h12-13,16-20H,1-11,25-28H2,(H,30,31)(H,32,33)(H,34,35)(H,36,37). The van der Waals surface area contributed by atoms with Crippen molar-refractivity contribution in [3.8, 4) is 0 Å². The van der Waals surface area contributed by atoms with Crippen LogP contribution in [0, 0.1) is 0 Å². The normalized spacial score (nSPS) is 18.8. The summed E-state index contributed by atoms with van der Waals surface area (Å²) in [5.74, 6) is -4.37. The van der Waals surface area contributed by atoms with Gasteiger partial charge < -0.3 is 48.3 Å². The Bertz CT molecular complexity index is 862. The Morgan fingerprint density at radius 3 is 1.68 bits per heavy atom. The second kappa shape index (κ2) is 16.0. The van der Waals surface area contributed by atoms with E-state index < -0.39 is 48.0 Å². The fourth-order valence-corrected chi connectivity index (χ4v) is 4.16. The van der Waals surface area contributed by atoms with Crippen molar-refractivity contribution in [3.05, 3.63) is 23.4 Å². The predicted octanol–water partition coefficient (Wildman–Crippen LogP) is 0.0295. The monoisotopic (exact) mass is 527 g/mol. The third-order valence-corrected chi connectivity index (χ3v) is 6.46. The molecule has 5 unspecified atom stereocenters. The third kappa shape index (κ3) is 11.7. The summed E-state index contributed by atoms with van der Waals surface area (Å²) in [7, 11) is 0. The average molecular weight is 528 g/mol. The van der Waals surface area contributed by atoms with E-state index in [4.69, 9.17) is 38.3 Å². The van der Waals surface area contributed by atoms with Crippen LogP contribution in [0.2, 0.25) is 0 Å². The zero-order valence-corrected chi connectivity index (χ0v) is 21.0. The smallest absolute Gasteiger partial charge is 0.320 e. The highest BCUT2D eigenvalue weighted by molar-refractivity contribution is 5.74. The molecule has 0 bridgehead atoms. The Hall–Kier alpha value is -3.00. The van der Waals surface area contributed by atoms with Gasteiger partial charge in [-0.3, -0.25) is 19.2 Å². The van der Waals surface area contributed by atoms with Crippen LogP contribution in [-0.2, 0) is 19.2 Å². The molecule has 13 nitrogen and oxygen atoms in total. The van der Waals surface area contributed by atoms with Crippen molar-refractivity contribution in [1.82, 2.24) is 4.90 Å². The Balaban J connectivity index is 3.09.